The first-order valence-electron chi connectivity index (χ1n) is 10.5. The van der Waals surface area contributed by atoms with Gasteiger partial charge in [-0.1, -0.05) is 48.5 Å². The van der Waals surface area contributed by atoms with Gasteiger partial charge in [0.1, 0.15) is 11.4 Å². The van der Waals surface area contributed by atoms with Crippen LogP contribution in [0.2, 0.25) is 0 Å². The lowest BCUT2D eigenvalue weighted by Gasteiger charge is -2.33. The highest BCUT2D eigenvalue weighted by Crippen LogP contribution is 2.50. The van der Waals surface area contributed by atoms with Crippen molar-refractivity contribution in [2.75, 3.05) is 13.2 Å². The van der Waals surface area contributed by atoms with Crippen molar-refractivity contribution in [3.8, 4) is 0 Å². The van der Waals surface area contributed by atoms with Crippen molar-refractivity contribution < 1.29 is 23.5 Å². The number of carbonyl (C=O) groups excluding carboxylic acids is 3. The van der Waals surface area contributed by atoms with Crippen LogP contribution in [0.25, 0.3) is 0 Å². The Bertz CT molecular complexity index is 1010. The normalized spacial score (nSPS) is 27.5. The molecule has 2 heterocycles. The van der Waals surface area contributed by atoms with Crippen LogP contribution in [0.4, 0.5) is 4.39 Å². The minimum atomic E-state index is -1.48. The van der Waals surface area contributed by atoms with E-state index >= 15 is 0 Å². The van der Waals surface area contributed by atoms with Gasteiger partial charge in [-0.05, 0) is 25.5 Å². The third-order valence-electron chi connectivity index (χ3n) is 6.27. The Morgan fingerprint density at radius 3 is 2.39 bits per heavy atom. The molecule has 2 saturated heterocycles. The minimum Gasteiger partial charge on any atom is -0.465 e. The molecule has 31 heavy (non-hydrogen) atoms. The Labute approximate surface area is 180 Å². The second kappa shape index (κ2) is 8.23. The molecule has 0 aromatic heterocycles. The summed E-state index contributed by atoms with van der Waals surface area (Å²) in [6.45, 7) is 3.72. The van der Waals surface area contributed by atoms with Crippen LogP contribution in [0.3, 0.4) is 0 Å². The van der Waals surface area contributed by atoms with Crippen LogP contribution in [0.15, 0.2) is 54.6 Å². The van der Waals surface area contributed by atoms with Crippen molar-refractivity contribution in [3.63, 3.8) is 0 Å². The molecule has 0 unspecified atom stereocenters. The first kappa shape index (κ1) is 21.2. The first-order chi connectivity index (χ1) is 14.9. The van der Waals surface area contributed by atoms with E-state index in [-0.39, 0.29) is 25.1 Å². The number of likely N-dealkylation sites (tertiary alicyclic amines) is 1. The maximum atomic E-state index is 14.8. The SMILES string of the molecule is CCOC(=O)[C@]1(Cc2ccccc2)N[C@H](c2ccccc2F)[C@@H]2C(=O)N(CC)C(=O)[C@@H]21. The number of nitrogens with one attached hydrogen (secondary N) is 1. The quantitative estimate of drug-likeness (QED) is 0.570. The number of hydrogen-bond donors (Lipinski definition) is 1. The average Bonchev–Trinajstić information content (AvgIpc) is 3.23. The lowest BCUT2D eigenvalue weighted by molar-refractivity contribution is -0.156. The standard InChI is InChI=1S/C24H25FN2O4/c1-3-27-21(28)18-19(22(27)29)24(23(30)31-4-2,14-15-10-6-5-7-11-15)26-20(18)16-12-8-9-13-17(16)25/h5-13,18-20,26H,3-4,14H2,1-2H3/t18-,19-,20-,24-/m1/s1. The molecule has 1 N–H and O–H groups in total. The molecule has 2 aliphatic heterocycles. The van der Waals surface area contributed by atoms with Gasteiger partial charge < -0.3 is 4.74 Å². The summed E-state index contributed by atoms with van der Waals surface area (Å²) in [5.74, 6) is -3.79. The highest BCUT2D eigenvalue weighted by Gasteiger charge is 2.68. The van der Waals surface area contributed by atoms with Crippen LogP contribution < -0.4 is 5.32 Å². The number of rotatable bonds is 6. The lowest BCUT2D eigenvalue weighted by atomic mass is 9.76. The molecule has 2 fully saturated rings. The van der Waals surface area contributed by atoms with E-state index in [1.807, 2.05) is 30.3 Å². The summed E-state index contributed by atoms with van der Waals surface area (Å²) < 4.78 is 20.2. The predicted molar refractivity (Wildman–Crippen MR) is 111 cm³/mol. The summed E-state index contributed by atoms with van der Waals surface area (Å²) in [5, 5.41) is 3.22. The van der Waals surface area contributed by atoms with Crippen molar-refractivity contribution in [1.29, 1.82) is 0 Å². The Morgan fingerprint density at radius 2 is 1.74 bits per heavy atom. The monoisotopic (exact) mass is 424 g/mol. The number of carbonyl (C=O) groups is 3. The van der Waals surface area contributed by atoms with Crippen LogP contribution in [0.5, 0.6) is 0 Å². The Morgan fingerprint density at radius 1 is 1.06 bits per heavy atom. The molecule has 162 valence electrons. The molecule has 6 nitrogen and oxygen atoms in total. The molecule has 0 spiro atoms. The van der Waals surface area contributed by atoms with Crippen molar-refractivity contribution in [2.24, 2.45) is 11.8 Å². The van der Waals surface area contributed by atoms with E-state index in [4.69, 9.17) is 4.74 Å². The van der Waals surface area contributed by atoms with E-state index in [0.717, 1.165) is 5.56 Å². The second-order valence-electron chi connectivity index (χ2n) is 7.92. The van der Waals surface area contributed by atoms with E-state index in [1.165, 1.54) is 11.0 Å². The lowest BCUT2D eigenvalue weighted by Crippen LogP contribution is -2.58. The number of halogens is 1. The third kappa shape index (κ3) is 3.33. The van der Waals surface area contributed by atoms with Gasteiger partial charge in [-0.3, -0.25) is 24.6 Å². The van der Waals surface area contributed by atoms with Crippen molar-refractivity contribution in [2.45, 2.75) is 31.8 Å². The fourth-order valence-electron chi connectivity index (χ4n) is 4.97. The molecule has 2 aromatic carbocycles. The fourth-order valence-corrected chi connectivity index (χ4v) is 4.97. The molecular formula is C24H25FN2O4. The molecule has 7 heteroatoms. The van der Waals surface area contributed by atoms with Gasteiger partial charge >= 0.3 is 5.97 Å². The Balaban J connectivity index is 1.89. The second-order valence-corrected chi connectivity index (χ2v) is 7.92. The van der Waals surface area contributed by atoms with Gasteiger partial charge in [0.15, 0.2) is 0 Å². The topological polar surface area (TPSA) is 75.7 Å². The molecule has 4 rings (SSSR count). The summed E-state index contributed by atoms with van der Waals surface area (Å²) >= 11 is 0. The Kier molecular flexibility index (Phi) is 5.62. The van der Waals surface area contributed by atoms with E-state index in [1.54, 1.807) is 32.0 Å². The first-order valence-corrected chi connectivity index (χ1v) is 10.5. The van der Waals surface area contributed by atoms with Gasteiger partial charge in [0.05, 0.1) is 18.4 Å². The number of nitrogens with zero attached hydrogens (tertiary/aromatic N) is 1. The maximum absolute atomic E-state index is 14.8. The molecule has 0 aliphatic carbocycles. The minimum absolute atomic E-state index is 0.123. The number of amides is 2. The van der Waals surface area contributed by atoms with Gasteiger partial charge in [0.25, 0.3) is 0 Å². The third-order valence-corrected chi connectivity index (χ3v) is 6.27. The zero-order valence-corrected chi connectivity index (χ0v) is 17.5. The highest BCUT2D eigenvalue weighted by molar-refractivity contribution is 6.09. The molecular weight excluding hydrogens is 399 g/mol. The largest absolute Gasteiger partial charge is 0.465 e. The van der Waals surface area contributed by atoms with Crippen LogP contribution >= 0.6 is 0 Å². The Hall–Kier alpha value is -3.06. The van der Waals surface area contributed by atoms with Crippen LogP contribution in [-0.2, 0) is 25.5 Å². The fraction of sp³-hybridized carbons (Fsp3) is 0.375. The average molecular weight is 424 g/mol. The van der Waals surface area contributed by atoms with Gasteiger partial charge in [-0.25, -0.2) is 4.39 Å². The van der Waals surface area contributed by atoms with Crippen LogP contribution in [0.1, 0.15) is 31.0 Å². The van der Waals surface area contributed by atoms with Crippen molar-refractivity contribution in [3.05, 3.63) is 71.5 Å². The molecule has 4 atom stereocenters. The van der Waals surface area contributed by atoms with Gasteiger partial charge in [0, 0.05) is 24.6 Å². The summed E-state index contributed by atoms with van der Waals surface area (Å²) in [5.41, 5.74) is -0.409. The molecule has 2 aromatic rings. The van der Waals surface area contributed by atoms with Crippen molar-refractivity contribution >= 4 is 17.8 Å². The zero-order chi connectivity index (χ0) is 22.2. The molecule has 0 bridgehead atoms. The summed E-state index contributed by atoms with van der Waals surface area (Å²) in [4.78, 5) is 41.1. The molecule has 0 saturated carbocycles. The van der Waals surface area contributed by atoms with Gasteiger partial charge in [0.2, 0.25) is 11.8 Å². The van der Waals surface area contributed by atoms with Crippen LogP contribution in [0, 0.1) is 17.7 Å². The molecule has 0 radical (unpaired) electrons. The number of imide groups is 1. The van der Waals surface area contributed by atoms with E-state index in [0.29, 0.717) is 0 Å². The summed E-state index contributed by atoms with van der Waals surface area (Å²) in [6.07, 6.45) is 0.148. The van der Waals surface area contributed by atoms with Gasteiger partial charge in [-0.15, -0.1) is 0 Å². The summed E-state index contributed by atoms with van der Waals surface area (Å²) in [6, 6.07) is 14.6. The molecule has 2 amide bonds. The number of hydrogen-bond acceptors (Lipinski definition) is 5. The smallest absolute Gasteiger partial charge is 0.327 e. The van der Waals surface area contributed by atoms with E-state index in [9.17, 15) is 18.8 Å². The summed E-state index contributed by atoms with van der Waals surface area (Å²) in [7, 11) is 0. The molecule has 2 aliphatic rings. The number of esters is 1. The van der Waals surface area contributed by atoms with E-state index in [2.05, 4.69) is 5.32 Å². The number of ether oxygens (including phenoxy) is 1. The number of benzene rings is 2. The van der Waals surface area contributed by atoms with Crippen molar-refractivity contribution in [1.82, 2.24) is 10.2 Å². The predicted octanol–water partition coefficient (Wildman–Crippen LogP) is 2.64. The van der Waals surface area contributed by atoms with Gasteiger partial charge in [-0.2, -0.15) is 0 Å². The highest BCUT2D eigenvalue weighted by atomic mass is 19.1. The van der Waals surface area contributed by atoms with Crippen LogP contribution in [-0.4, -0.2) is 41.4 Å². The van der Waals surface area contributed by atoms with E-state index < -0.39 is 47.0 Å². The zero-order valence-electron chi connectivity index (χ0n) is 17.5. The maximum Gasteiger partial charge on any atom is 0.327 e. The number of fused-ring (bicyclic) bond motifs is 1.